The average molecular weight is 291 g/mol. The lowest BCUT2D eigenvalue weighted by atomic mass is 10.1. The Hall–Kier alpha value is -2.45. The van der Waals surface area contributed by atoms with Gasteiger partial charge in [0.2, 0.25) is 0 Å². The Morgan fingerprint density at radius 3 is 2.33 bits per heavy atom. The van der Waals surface area contributed by atoms with Gasteiger partial charge in [0.15, 0.2) is 17.4 Å². The fourth-order valence-corrected chi connectivity index (χ4v) is 1.67. The van der Waals surface area contributed by atoms with Crippen LogP contribution in [0.2, 0.25) is 0 Å². The summed E-state index contributed by atoms with van der Waals surface area (Å²) in [4.78, 5) is 0. The summed E-state index contributed by atoms with van der Waals surface area (Å²) in [5.41, 5.74) is 5.87. The molecule has 0 amide bonds. The van der Waals surface area contributed by atoms with Crippen LogP contribution in [-0.2, 0) is 6.61 Å². The normalized spacial score (nSPS) is 9.90. The van der Waals surface area contributed by atoms with Crippen LogP contribution < -0.4 is 10.5 Å². The lowest BCUT2D eigenvalue weighted by Gasteiger charge is -2.09. The van der Waals surface area contributed by atoms with Gasteiger partial charge in [-0.2, -0.15) is 0 Å². The van der Waals surface area contributed by atoms with Crippen LogP contribution in [0.15, 0.2) is 36.4 Å². The second kappa shape index (κ2) is 6.82. The minimum absolute atomic E-state index is 0.177. The molecule has 0 saturated carbocycles. The molecule has 0 radical (unpaired) electrons. The van der Waals surface area contributed by atoms with Crippen molar-refractivity contribution < 1.29 is 17.9 Å². The molecule has 0 heterocycles. The number of rotatable bonds is 3. The zero-order valence-electron chi connectivity index (χ0n) is 11.0. The summed E-state index contributed by atoms with van der Waals surface area (Å²) < 4.78 is 45.6. The topological polar surface area (TPSA) is 35.2 Å². The first-order chi connectivity index (χ1) is 10.1. The maximum absolute atomic E-state index is 13.8. The van der Waals surface area contributed by atoms with Crippen LogP contribution in [0, 0.1) is 29.3 Å². The zero-order valence-corrected chi connectivity index (χ0v) is 11.0. The molecule has 0 aliphatic rings. The molecule has 0 spiro atoms. The summed E-state index contributed by atoms with van der Waals surface area (Å²) in [6.45, 7) is -0.104. The Kier molecular flexibility index (Phi) is 4.85. The van der Waals surface area contributed by atoms with Gasteiger partial charge in [-0.3, -0.25) is 0 Å². The molecule has 0 aliphatic carbocycles. The van der Waals surface area contributed by atoms with E-state index in [4.69, 9.17) is 10.5 Å². The van der Waals surface area contributed by atoms with Crippen molar-refractivity contribution in [2.75, 3.05) is 6.54 Å². The van der Waals surface area contributed by atoms with Crippen molar-refractivity contribution in [3.8, 4) is 17.6 Å². The van der Waals surface area contributed by atoms with Crippen molar-refractivity contribution in [2.24, 2.45) is 5.73 Å². The van der Waals surface area contributed by atoms with Crippen molar-refractivity contribution in [1.29, 1.82) is 0 Å². The predicted molar refractivity (Wildman–Crippen MR) is 73.0 cm³/mol. The van der Waals surface area contributed by atoms with E-state index in [1.54, 1.807) is 6.07 Å². The van der Waals surface area contributed by atoms with E-state index in [1.807, 2.05) is 0 Å². The summed E-state index contributed by atoms with van der Waals surface area (Å²) in [5.74, 6) is 2.54. The fourth-order valence-electron chi connectivity index (χ4n) is 1.67. The molecular weight excluding hydrogens is 279 g/mol. The average Bonchev–Trinajstić information content (AvgIpc) is 2.46. The van der Waals surface area contributed by atoms with Gasteiger partial charge in [-0.15, -0.1) is 0 Å². The predicted octanol–water partition coefficient (Wildman–Crippen LogP) is 2.99. The summed E-state index contributed by atoms with van der Waals surface area (Å²) >= 11 is 0. The van der Waals surface area contributed by atoms with Gasteiger partial charge >= 0.3 is 0 Å². The fraction of sp³-hybridized carbons (Fsp3) is 0.125. The van der Waals surface area contributed by atoms with E-state index in [9.17, 15) is 13.2 Å². The van der Waals surface area contributed by atoms with E-state index in [1.165, 1.54) is 18.2 Å². The van der Waals surface area contributed by atoms with E-state index in [0.717, 1.165) is 12.1 Å². The van der Waals surface area contributed by atoms with Gasteiger partial charge in [-0.05, 0) is 24.3 Å². The molecule has 0 atom stereocenters. The summed E-state index contributed by atoms with van der Waals surface area (Å²) in [6.07, 6.45) is 0. The first kappa shape index (κ1) is 14.9. The van der Waals surface area contributed by atoms with Crippen molar-refractivity contribution in [3.63, 3.8) is 0 Å². The zero-order chi connectivity index (χ0) is 15.2. The third kappa shape index (κ3) is 3.77. The molecule has 0 saturated heterocycles. The van der Waals surface area contributed by atoms with E-state index in [0.29, 0.717) is 5.56 Å². The first-order valence-electron chi connectivity index (χ1n) is 6.16. The Labute approximate surface area is 120 Å². The van der Waals surface area contributed by atoms with Gasteiger partial charge < -0.3 is 10.5 Å². The summed E-state index contributed by atoms with van der Waals surface area (Å²) in [6, 6.07) is 7.62. The third-order valence-corrected chi connectivity index (χ3v) is 2.68. The molecule has 0 aromatic heterocycles. The molecule has 0 aliphatic heterocycles. The SMILES string of the molecule is NCC#Cc1ccc(COc2c(F)cccc2F)c(F)c1. The Balaban J connectivity index is 2.14. The highest BCUT2D eigenvalue weighted by atomic mass is 19.1. The van der Waals surface area contributed by atoms with E-state index in [-0.39, 0.29) is 18.7 Å². The van der Waals surface area contributed by atoms with E-state index in [2.05, 4.69) is 11.8 Å². The van der Waals surface area contributed by atoms with Gasteiger partial charge in [0.05, 0.1) is 6.54 Å². The van der Waals surface area contributed by atoms with Gasteiger partial charge in [-0.1, -0.05) is 24.0 Å². The maximum Gasteiger partial charge on any atom is 0.191 e. The molecule has 2 nitrogen and oxygen atoms in total. The third-order valence-electron chi connectivity index (χ3n) is 2.68. The van der Waals surface area contributed by atoms with Crippen LogP contribution in [0.5, 0.6) is 5.75 Å². The van der Waals surface area contributed by atoms with Crippen LogP contribution >= 0.6 is 0 Å². The first-order valence-corrected chi connectivity index (χ1v) is 6.16. The molecule has 2 N–H and O–H groups in total. The number of benzene rings is 2. The molecule has 0 fully saturated rings. The highest BCUT2D eigenvalue weighted by Gasteiger charge is 2.11. The van der Waals surface area contributed by atoms with Gasteiger partial charge in [0.1, 0.15) is 12.4 Å². The minimum atomic E-state index is -0.833. The van der Waals surface area contributed by atoms with E-state index >= 15 is 0 Å². The molecule has 2 aromatic rings. The molecule has 5 heteroatoms. The number of hydrogen-bond acceptors (Lipinski definition) is 2. The lowest BCUT2D eigenvalue weighted by Crippen LogP contribution is -2.02. The number of hydrogen-bond donors (Lipinski definition) is 1. The molecule has 2 aromatic carbocycles. The lowest BCUT2D eigenvalue weighted by molar-refractivity contribution is 0.269. The molecule has 21 heavy (non-hydrogen) atoms. The Bertz CT molecular complexity index is 684. The van der Waals surface area contributed by atoms with Crippen LogP contribution in [0.3, 0.4) is 0 Å². The van der Waals surface area contributed by atoms with Crippen molar-refractivity contribution in [1.82, 2.24) is 0 Å². The van der Waals surface area contributed by atoms with Crippen LogP contribution in [-0.4, -0.2) is 6.54 Å². The van der Waals surface area contributed by atoms with Gasteiger partial charge in [0, 0.05) is 11.1 Å². The van der Waals surface area contributed by atoms with Crippen molar-refractivity contribution >= 4 is 0 Å². The van der Waals surface area contributed by atoms with Crippen molar-refractivity contribution in [2.45, 2.75) is 6.61 Å². The van der Waals surface area contributed by atoms with E-state index < -0.39 is 23.2 Å². The quantitative estimate of drug-likeness (QED) is 0.882. The molecule has 2 rings (SSSR count). The monoisotopic (exact) mass is 291 g/mol. The Morgan fingerprint density at radius 2 is 1.71 bits per heavy atom. The highest BCUT2D eigenvalue weighted by molar-refractivity contribution is 5.37. The largest absolute Gasteiger partial charge is 0.483 e. The smallest absolute Gasteiger partial charge is 0.191 e. The Morgan fingerprint density at radius 1 is 1.00 bits per heavy atom. The number of nitrogens with two attached hydrogens (primary N) is 1. The highest BCUT2D eigenvalue weighted by Crippen LogP contribution is 2.22. The van der Waals surface area contributed by atoms with Crippen LogP contribution in [0.4, 0.5) is 13.2 Å². The molecule has 0 unspecified atom stereocenters. The van der Waals surface area contributed by atoms with Gasteiger partial charge in [-0.25, -0.2) is 13.2 Å². The second-order valence-electron chi connectivity index (χ2n) is 4.15. The standard InChI is InChI=1S/C16H12F3NO/c17-13-4-1-5-14(18)16(13)21-10-12-7-6-11(3-2-8-20)9-15(12)19/h1,4-7,9H,8,10,20H2. The minimum Gasteiger partial charge on any atom is -0.483 e. The number of ether oxygens (including phenoxy) is 1. The van der Waals surface area contributed by atoms with Crippen LogP contribution in [0.25, 0.3) is 0 Å². The summed E-state index contributed by atoms with van der Waals surface area (Å²) in [5, 5.41) is 0. The molecular formula is C16H12F3NO. The second-order valence-corrected chi connectivity index (χ2v) is 4.15. The number of halogens is 3. The van der Waals surface area contributed by atoms with Crippen LogP contribution in [0.1, 0.15) is 11.1 Å². The molecule has 0 bridgehead atoms. The molecule has 108 valence electrons. The summed E-state index contributed by atoms with van der Waals surface area (Å²) in [7, 11) is 0. The van der Waals surface area contributed by atoms with Gasteiger partial charge in [0.25, 0.3) is 0 Å². The number of para-hydroxylation sites is 1. The van der Waals surface area contributed by atoms with Crippen molar-refractivity contribution in [3.05, 3.63) is 65.0 Å². The maximum atomic E-state index is 13.8.